The summed E-state index contributed by atoms with van der Waals surface area (Å²) >= 11 is 3.05. The number of hydrogen-bond acceptors (Lipinski definition) is 3. The number of halogens is 2. The zero-order valence-corrected chi connectivity index (χ0v) is 12.9. The summed E-state index contributed by atoms with van der Waals surface area (Å²) < 4.78 is 14.0. The molecule has 0 spiro atoms. The number of rotatable bonds is 4. The first kappa shape index (κ1) is 15.9. The molecule has 2 N–H and O–H groups in total. The number of aliphatic hydroxyl groups is 1. The first-order valence-corrected chi connectivity index (χ1v) is 6.84. The van der Waals surface area contributed by atoms with Crippen LogP contribution in [0.2, 0.25) is 0 Å². The second-order valence-corrected chi connectivity index (χ2v) is 6.49. The number of aliphatic hydroxyl groups excluding tert-OH is 1. The van der Waals surface area contributed by atoms with Crippen LogP contribution in [0.15, 0.2) is 16.6 Å². The molecular formula is C14H18BrFN2O. The molecule has 1 aromatic carbocycles. The SMILES string of the molecule is CC(C)(C)CC(O)CNc1ccc(C#N)c(Br)c1F. The molecule has 0 aliphatic heterocycles. The highest BCUT2D eigenvalue weighted by atomic mass is 79.9. The molecule has 0 radical (unpaired) electrons. The van der Waals surface area contributed by atoms with Crippen LogP contribution in [-0.2, 0) is 0 Å². The molecule has 0 aromatic heterocycles. The Balaban J connectivity index is 2.70. The van der Waals surface area contributed by atoms with Crippen molar-refractivity contribution in [2.45, 2.75) is 33.3 Å². The molecule has 0 saturated heterocycles. The minimum Gasteiger partial charge on any atom is -0.391 e. The lowest BCUT2D eigenvalue weighted by molar-refractivity contribution is 0.132. The van der Waals surface area contributed by atoms with Gasteiger partial charge in [0.2, 0.25) is 0 Å². The third-order valence-corrected chi connectivity index (χ3v) is 3.35. The van der Waals surface area contributed by atoms with Gasteiger partial charge < -0.3 is 10.4 Å². The molecule has 104 valence electrons. The quantitative estimate of drug-likeness (QED) is 0.886. The molecule has 0 bridgehead atoms. The van der Waals surface area contributed by atoms with Crippen LogP contribution in [0.5, 0.6) is 0 Å². The third-order valence-electron chi connectivity index (χ3n) is 2.58. The van der Waals surface area contributed by atoms with Gasteiger partial charge in [0.25, 0.3) is 0 Å². The molecule has 1 unspecified atom stereocenters. The highest BCUT2D eigenvalue weighted by Gasteiger charge is 2.17. The van der Waals surface area contributed by atoms with Gasteiger partial charge in [0.05, 0.1) is 21.8 Å². The van der Waals surface area contributed by atoms with E-state index < -0.39 is 11.9 Å². The summed E-state index contributed by atoms with van der Waals surface area (Å²) in [6.07, 6.45) is 0.0767. The van der Waals surface area contributed by atoms with Gasteiger partial charge in [0.15, 0.2) is 5.82 Å². The first-order valence-electron chi connectivity index (χ1n) is 6.04. The predicted octanol–water partition coefficient (Wildman–Crippen LogP) is 3.67. The zero-order chi connectivity index (χ0) is 14.6. The summed E-state index contributed by atoms with van der Waals surface area (Å²) in [5.74, 6) is -0.512. The second kappa shape index (κ2) is 6.36. The number of nitrogens with zero attached hydrogens (tertiary/aromatic N) is 1. The molecule has 0 aliphatic rings. The lowest BCUT2D eigenvalue weighted by Crippen LogP contribution is -2.25. The molecule has 5 heteroatoms. The summed E-state index contributed by atoms with van der Waals surface area (Å²) in [5, 5.41) is 21.5. The summed E-state index contributed by atoms with van der Waals surface area (Å²) in [5.41, 5.74) is 0.544. The first-order chi connectivity index (χ1) is 8.74. The van der Waals surface area contributed by atoms with E-state index in [4.69, 9.17) is 5.26 Å². The van der Waals surface area contributed by atoms with E-state index in [0.29, 0.717) is 6.42 Å². The average molecular weight is 329 g/mol. The van der Waals surface area contributed by atoms with Crippen molar-refractivity contribution in [2.75, 3.05) is 11.9 Å². The largest absolute Gasteiger partial charge is 0.391 e. The highest BCUT2D eigenvalue weighted by molar-refractivity contribution is 9.10. The summed E-state index contributed by atoms with van der Waals surface area (Å²) in [4.78, 5) is 0. The minimum absolute atomic E-state index is 0.0187. The molecule has 0 saturated carbocycles. The van der Waals surface area contributed by atoms with Crippen molar-refractivity contribution < 1.29 is 9.50 Å². The Hall–Kier alpha value is -1.12. The fourth-order valence-electron chi connectivity index (χ4n) is 1.78. The lowest BCUT2D eigenvalue weighted by Gasteiger charge is -2.23. The Morgan fingerprint density at radius 2 is 2.11 bits per heavy atom. The van der Waals surface area contributed by atoms with Gasteiger partial charge in [0.1, 0.15) is 6.07 Å². The molecule has 0 fully saturated rings. The fourth-order valence-corrected chi connectivity index (χ4v) is 2.21. The van der Waals surface area contributed by atoms with Crippen molar-refractivity contribution >= 4 is 21.6 Å². The maximum atomic E-state index is 13.9. The lowest BCUT2D eigenvalue weighted by atomic mass is 9.89. The molecule has 1 aromatic rings. The summed E-state index contributed by atoms with van der Waals surface area (Å²) in [6, 6.07) is 4.93. The standard InChI is InChI=1S/C14H18BrFN2O/c1-14(2,3)6-10(19)8-18-11-5-4-9(7-17)12(15)13(11)16/h4-5,10,18-19H,6,8H2,1-3H3. The van der Waals surface area contributed by atoms with Gasteiger partial charge in [-0.1, -0.05) is 20.8 Å². The maximum Gasteiger partial charge on any atom is 0.161 e. The van der Waals surface area contributed by atoms with Crippen LogP contribution in [0.25, 0.3) is 0 Å². The normalized spacial score (nSPS) is 12.9. The Morgan fingerprint density at radius 3 is 2.63 bits per heavy atom. The van der Waals surface area contributed by atoms with Gasteiger partial charge in [0, 0.05) is 6.54 Å². The molecular weight excluding hydrogens is 311 g/mol. The van der Waals surface area contributed by atoms with E-state index >= 15 is 0 Å². The average Bonchev–Trinajstić information content (AvgIpc) is 2.29. The van der Waals surface area contributed by atoms with Gasteiger partial charge >= 0.3 is 0 Å². The molecule has 1 rings (SSSR count). The van der Waals surface area contributed by atoms with E-state index in [1.54, 1.807) is 0 Å². The fraction of sp³-hybridized carbons (Fsp3) is 0.500. The minimum atomic E-state index is -0.547. The molecule has 0 heterocycles. The summed E-state index contributed by atoms with van der Waals surface area (Å²) in [7, 11) is 0. The van der Waals surface area contributed by atoms with Crippen LogP contribution in [0, 0.1) is 22.6 Å². The molecule has 3 nitrogen and oxygen atoms in total. The Labute approximate surface area is 121 Å². The molecule has 0 aliphatic carbocycles. The maximum absolute atomic E-state index is 13.9. The van der Waals surface area contributed by atoms with Gasteiger partial charge in [-0.25, -0.2) is 4.39 Å². The van der Waals surface area contributed by atoms with Gasteiger partial charge in [-0.05, 0) is 39.9 Å². The van der Waals surface area contributed by atoms with Gasteiger partial charge in [-0.15, -0.1) is 0 Å². The van der Waals surface area contributed by atoms with Crippen LogP contribution in [0.4, 0.5) is 10.1 Å². The van der Waals surface area contributed by atoms with Crippen LogP contribution < -0.4 is 5.32 Å². The number of hydrogen-bond donors (Lipinski definition) is 2. The van der Waals surface area contributed by atoms with Crippen molar-refractivity contribution in [3.63, 3.8) is 0 Å². The zero-order valence-electron chi connectivity index (χ0n) is 11.3. The smallest absolute Gasteiger partial charge is 0.161 e. The van der Waals surface area contributed by atoms with Crippen molar-refractivity contribution in [1.82, 2.24) is 0 Å². The molecule has 19 heavy (non-hydrogen) atoms. The van der Waals surface area contributed by atoms with Gasteiger partial charge in [-0.3, -0.25) is 0 Å². The number of anilines is 1. The molecule has 1 atom stereocenters. The van der Waals surface area contributed by atoms with Crippen LogP contribution >= 0.6 is 15.9 Å². The Kier molecular flexibility index (Phi) is 5.33. The Bertz CT molecular complexity index is 491. The molecule has 0 amide bonds. The van der Waals surface area contributed by atoms with E-state index in [9.17, 15) is 9.50 Å². The van der Waals surface area contributed by atoms with Crippen molar-refractivity contribution in [2.24, 2.45) is 5.41 Å². The van der Waals surface area contributed by atoms with E-state index in [0.717, 1.165) is 0 Å². The second-order valence-electron chi connectivity index (χ2n) is 5.70. The van der Waals surface area contributed by atoms with Crippen molar-refractivity contribution in [1.29, 1.82) is 5.26 Å². The Morgan fingerprint density at radius 1 is 1.47 bits per heavy atom. The number of nitrogens with one attached hydrogen (secondary N) is 1. The van der Waals surface area contributed by atoms with Gasteiger partial charge in [-0.2, -0.15) is 5.26 Å². The van der Waals surface area contributed by atoms with E-state index in [1.165, 1.54) is 12.1 Å². The van der Waals surface area contributed by atoms with Crippen LogP contribution in [-0.4, -0.2) is 17.8 Å². The number of nitriles is 1. The number of benzene rings is 1. The monoisotopic (exact) mass is 328 g/mol. The van der Waals surface area contributed by atoms with E-state index in [-0.39, 0.29) is 27.7 Å². The van der Waals surface area contributed by atoms with Crippen LogP contribution in [0.3, 0.4) is 0 Å². The van der Waals surface area contributed by atoms with Crippen LogP contribution in [0.1, 0.15) is 32.8 Å². The summed E-state index contributed by atoms with van der Waals surface area (Å²) in [6.45, 7) is 6.38. The topological polar surface area (TPSA) is 56.0 Å². The highest BCUT2D eigenvalue weighted by Crippen LogP contribution is 2.27. The van der Waals surface area contributed by atoms with Crippen molar-refractivity contribution in [3.8, 4) is 6.07 Å². The third kappa shape index (κ3) is 4.81. The van der Waals surface area contributed by atoms with E-state index in [2.05, 4.69) is 21.2 Å². The predicted molar refractivity (Wildman–Crippen MR) is 77.4 cm³/mol. The van der Waals surface area contributed by atoms with E-state index in [1.807, 2.05) is 26.8 Å². The van der Waals surface area contributed by atoms with Crippen molar-refractivity contribution in [3.05, 3.63) is 28.0 Å².